The van der Waals surface area contributed by atoms with Crippen LogP contribution in [0, 0.1) is 17.3 Å². The summed E-state index contributed by atoms with van der Waals surface area (Å²) in [7, 11) is 0. The highest BCUT2D eigenvalue weighted by molar-refractivity contribution is 4.91. The van der Waals surface area contributed by atoms with Gasteiger partial charge in [0.1, 0.15) is 12.7 Å². The molecule has 2 aliphatic carbocycles. The molecule has 0 saturated heterocycles. The van der Waals surface area contributed by atoms with E-state index in [9.17, 15) is 5.11 Å². The Balaban J connectivity index is 0.000000198. The molecule has 0 spiro atoms. The Morgan fingerprint density at radius 2 is 2.05 bits per heavy atom. The van der Waals surface area contributed by atoms with Crippen LogP contribution >= 0.6 is 0 Å². The third-order valence-corrected chi connectivity index (χ3v) is 4.84. The van der Waals surface area contributed by atoms with Crippen LogP contribution < -0.4 is 0 Å². The van der Waals surface area contributed by atoms with Gasteiger partial charge >= 0.3 is 0 Å². The van der Waals surface area contributed by atoms with Gasteiger partial charge in [-0.15, -0.1) is 0 Å². The highest BCUT2D eigenvalue weighted by Gasteiger charge is 2.40. The fourth-order valence-corrected chi connectivity index (χ4v) is 3.22. The number of hydrogen-bond acceptors (Lipinski definition) is 3. The van der Waals surface area contributed by atoms with Crippen LogP contribution in [0.3, 0.4) is 0 Å². The van der Waals surface area contributed by atoms with E-state index in [1.54, 1.807) is 30.3 Å². The van der Waals surface area contributed by atoms with Crippen LogP contribution in [0.2, 0.25) is 0 Å². The number of aliphatic hydroxyl groups is 1. The van der Waals surface area contributed by atoms with Gasteiger partial charge in [-0.05, 0) is 30.1 Å². The Morgan fingerprint density at radius 1 is 1.35 bits per heavy atom. The maximum Gasteiger partial charge on any atom is 0.137 e. The lowest BCUT2D eigenvalue weighted by Crippen LogP contribution is -2.33. The third-order valence-electron chi connectivity index (χ3n) is 4.84. The second-order valence-corrected chi connectivity index (χ2v) is 7.06. The zero-order valence-corrected chi connectivity index (χ0v) is 13.1. The molecule has 3 unspecified atom stereocenters. The van der Waals surface area contributed by atoms with E-state index in [1.165, 1.54) is 24.6 Å². The van der Waals surface area contributed by atoms with Crippen molar-refractivity contribution in [2.24, 2.45) is 17.3 Å². The van der Waals surface area contributed by atoms with E-state index >= 15 is 0 Å². The molecule has 3 atom stereocenters. The summed E-state index contributed by atoms with van der Waals surface area (Å²) in [5.74, 6) is 2.43. The number of fused-ring (bicyclic) bond motifs is 1. The van der Waals surface area contributed by atoms with E-state index in [-0.39, 0.29) is 11.5 Å². The van der Waals surface area contributed by atoms with Gasteiger partial charge in [0.05, 0.1) is 12.6 Å². The first-order valence-corrected chi connectivity index (χ1v) is 8.03. The lowest BCUT2D eigenvalue weighted by Gasteiger charge is -2.29. The molecule has 3 rings (SSSR count). The van der Waals surface area contributed by atoms with Crippen molar-refractivity contribution in [3.05, 3.63) is 12.7 Å². The highest BCUT2D eigenvalue weighted by Crippen LogP contribution is 2.51. The minimum atomic E-state index is -0.371. The number of aliphatic hydroxyl groups excluding tert-OH is 1. The van der Waals surface area contributed by atoms with Gasteiger partial charge in [0, 0.05) is 0 Å². The largest absolute Gasteiger partial charge is 0.391 e. The monoisotopic (exact) mass is 279 g/mol. The smallest absolute Gasteiger partial charge is 0.137 e. The van der Waals surface area contributed by atoms with Crippen molar-refractivity contribution < 1.29 is 5.11 Å². The van der Waals surface area contributed by atoms with Crippen molar-refractivity contribution in [1.29, 1.82) is 0 Å². The third kappa shape index (κ3) is 4.30. The number of hydrogen-bond donors (Lipinski definition) is 1. The Labute approximate surface area is 122 Å². The van der Waals surface area contributed by atoms with E-state index in [4.69, 9.17) is 0 Å². The normalized spacial score (nSPS) is 25.6. The Bertz CT molecular complexity index is 380. The first-order chi connectivity index (χ1) is 9.53. The molecule has 0 aliphatic heterocycles. The van der Waals surface area contributed by atoms with E-state index in [0.717, 1.165) is 12.8 Å². The average Bonchev–Trinajstić information content (AvgIpc) is 2.83. The van der Waals surface area contributed by atoms with Crippen LogP contribution in [0.1, 0.15) is 59.3 Å². The fourth-order valence-electron chi connectivity index (χ4n) is 3.22. The summed E-state index contributed by atoms with van der Waals surface area (Å²) in [4.78, 5) is 3.84. The van der Waals surface area contributed by atoms with Gasteiger partial charge in [-0.1, -0.05) is 46.5 Å². The summed E-state index contributed by atoms with van der Waals surface area (Å²) in [5, 5.41) is 14.0. The minimum Gasteiger partial charge on any atom is -0.391 e. The molecule has 0 amide bonds. The summed E-state index contributed by atoms with van der Waals surface area (Å²) in [6, 6.07) is 0. The van der Waals surface area contributed by atoms with E-state index in [2.05, 4.69) is 30.9 Å². The molecular formula is C16H29N3O. The maximum atomic E-state index is 9.99. The molecule has 2 fully saturated rings. The minimum absolute atomic E-state index is 0.0549. The van der Waals surface area contributed by atoms with Crippen molar-refractivity contribution in [2.45, 2.75) is 71.9 Å². The first kappa shape index (κ1) is 15.5. The summed E-state index contributed by atoms with van der Waals surface area (Å²) >= 11 is 0. The van der Waals surface area contributed by atoms with Gasteiger partial charge in [-0.2, -0.15) is 5.10 Å². The summed E-state index contributed by atoms with van der Waals surface area (Å²) in [6.07, 6.45) is 11.1. The van der Waals surface area contributed by atoms with Crippen molar-refractivity contribution in [3.63, 3.8) is 0 Å². The standard InChI is InChI=1S/C10H19N3O.C6H10/c1-4-5-10(2,3)9(14)6-13-8-11-7-12-13;1-2-5-4-6(5)3-1/h7-9,14H,4-6H2,1-3H3;5-6H,1-4H2. The molecule has 1 heterocycles. The Kier molecular flexibility index (Phi) is 5.19. The van der Waals surface area contributed by atoms with Crippen LogP contribution in [-0.2, 0) is 6.54 Å². The van der Waals surface area contributed by atoms with Gasteiger partial charge in [0.15, 0.2) is 0 Å². The van der Waals surface area contributed by atoms with Crippen LogP contribution in [-0.4, -0.2) is 26.0 Å². The van der Waals surface area contributed by atoms with Gasteiger partial charge in [0.25, 0.3) is 0 Å². The molecule has 2 aliphatic rings. The summed E-state index contributed by atoms with van der Waals surface area (Å²) in [5.41, 5.74) is -0.0549. The summed E-state index contributed by atoms with van der Waals surface area (Å²) < 4.78 is 1.67. The van der Waals surface area contributed by atoms with Crippen LogP contribution in [0.15, 0.2) is 12.7 Å². The Morgan fingerprint density at radius 3 is 2.45 bits per heavy atom. The van der Waals surface area contributed by atoms with Gasteiger partial charge in [-0.3, -0.25) is 4.68 Å². The molecular weight excluding hydrogens is 250 g/mol. The predicted molar refractivity (Wildman–Crippen MR) is 80.2 cm³/mol. The number of aromatic nitrogens is 3. The second kappa shape index (κ2) is 6.70. The highest BCUT2D eigenvalue weighted by atomic mass is 16.3. The zero-order valence-electron chi connectivity index (χ0n) is 13.1. The number of rotatable bonds is 5. The SMILES string of the molecule is C1CC2CC2C1.CCCC(C)(C)C(O)Cn1cncn1. The van der Waals surface area contributed by atoms with E-state index in [0.29, 0.717) is 6.54 Å². The number of nitrogens with zero attached hydrogens (tertiary/aromatic N) is 3. The van der Waals surface area contributed by atoms with Crippen molar-refractivity contribution in [2.75, 3.05) is 0 Å². The van der Waals surface area contributed by atoms with Gasteiger partial charge in [0.2, 0.25) is 0 Å². The average molecular weight is 279 g/mol. The fraction of sp³-hybridized carbons (Fsp3) is 0.875. The molecule has 1 aromatic heterocycles. The van der Waals surface area contributed by atoms with Crippen LogP contribution in [0.4, 0.5) is 0 Å². The summed E-state index contributed by atoms with van der Waals surface area (Å²) in [6.45, 7) is 6.81. The molecule has 114 valence electrons. The second-order valence-electron chi connectivity index (χ2n) is 7.06. The molecule has 20 heavy (non-hydrogen) atoms. The van der Waals surface area contributed by atoms with E-state index in [1.807, 2.05) is 0 Å². The van der Waals surface area contributed by atoms with E-state index < -0.39 is 0 Å². The van der Waals surface area contributed by atoms with Gasteiger partial charge < -0.3 is 5.11 Å². The zero-order chi connectivity index (χ0) is 14.6. The Hall–Kier alpha value is -0.900. The van der Waals surface area contributed by atoms with Crippen molar-refractivity contribution in [3.8, 4) is 0 Å². The van der Waals surface area contributed by atoms with Gasteiger partial charge in [-0.25, -0.2) is 4.98 Å². The van der Waals surface area contributed by atoms with Crippen molar-refractivity contribution in [1.82, 2.24) is 14.8 Å². The molecule has 1 aromatic rings. The van der Waals surface area contributed by atoms with Crippen LogP contribution in [0.25, 0.3) is 0 Å². The lowest BCUT2D eigenvalue weighted by molar-refractivity contribution is 0.0270. The van der Waals surface area contributed by atoms with Crippen molar-refractivity contribution >= 4 is 0 Å². The molecule has 0 radical (unpaired) electrons. The molecule has 0 bridgehead atoms. The molecule has 4 heteroatoms. The lowest BCUT2D eigenvalue weighted by atomic mass is 9.82. The topological polar surface area (TPSA) is 50.9 Å². The quantitative estimate of drug-likeness (QED) is 0.900. The first-order valence-electron chi connectivity index (χ1n) is 8.03. The molecule has 2 saturated carbocycles. The predicted octanol–water partition coefficient (Wildman–Crippen LogP) is 3.27. The van der Waals surface area contributed by atoms with Crippen LogP contribution in [0.5, 0.6) is 0 Å². The molecule has 0 aromatic carbocycles. The molecule has 1 N–H and O–H groups in total. The maximum absolute atomic E-state index is 9.99. The molecule has 4 nitrogen and oxygen atoms in total.